The standard InChI is InChI=1S/C15H21N3O2S/c1-10(17-5-2-12(9-17)14(16)19)15(20)18-6-3-13-11(8-18)4-7-21-13/h4,7,10,12H,2-3,5-6,8-9H2,1H3,(H2,16,19)/t10-,12+/m1/s1. The Morgan fingerprint density at radius 3 is 2.95 bits per heavy atom. The fraction of sp³-hybridized carbons (Fsp3) is 0.600. The fourth-order valence-corrected chi connectivity index (χ4v) is 4.12. The zero-order chi connectivity index (χ0) is 15.0. The van der Waals surface area contributed by atoms with E-state index >= 15 is 0 Å². The minimum absolute atomic E-state index is 0.106. The van der Waals surface area contributed by atoms with Crippen molar-refractivity contribution in [2.75, 3.05) is 19.6 Å². The van der Waals surface area contributed by atoms with E-state index in [1.165, 1.54) is 10.4 Å². The summed E-state index contributed by atoms with van der Waals surface area (Å²) in [5, 5.41) is 2.10. The number of fused-ring (bicyclic) bond motifs is 1. The molecule has 0 aromatic carbocycles. The molecule has 3 heterocycles. The van der Waals surface area contributed by atoms with Crippen LogP contribution in [0.5, 0.6) is 0 Å². The maximum atomic E-state index is 12.7. The number of likely N-dealkylation sites (tertiary alicyclic amines) is 1. The Balaban J connectivity index is 1.62. The fourth-order valence-electron chi connectivity index (χ4n) is 3.23. The van der Waals surface area contributed by atoms with Crippen molar-refractivity contribution in [1.29, 1.82) is 0 Å². The lowest BCUT2D eigenvalue weighted by molar-refractivity contribution is -0.137. The zero-order valence-corrected chi connectivity index (χ0v) is 13.1. The first-order chi connectivity index (χ1) is 10.1. The van der Waals surface area contributed by atoms with Gasteiger partial charge in [0.2, 0.25) is 11.8 Å². The van der Waals surface area contributed by atoms with Crippen LogP contribution < -0.4 is 5.73 Å². The maximum absolute atomic E-state index is 12.7. The Hall–Kier alpha value is -1.40. The Bertz CT molecular complexity index is 557. The van der Waals surface area contributed by atoms with Gasteiger partial charge in [0, 0.05) is 24.5 Å². The van der Waals surface area contributed by atoms with Crippen LogP contribution >= 0.6 is 11.3 Å². The molecule has 6 heteroatoms. The monoisotopic (exact) mass is 307 g/mol. The van der Waals surface area contributed by atoms with Crippen molar-refractivity contribution >= 4 is 23.2 Å². The summed E-state index contributed by atoms with van der Waals surface area (Å²) in [5.74, 6) is -0.194. The maximum Gasteiger partial charge on any atom is 0.239 e. The van der Waals surface area contributed by atoms with E-state index in [-0.39, 0.29) is 23.8 Å². The summed E-state index contributed by atoms with van der Waals surface area (Å²) in [6.45, 7) is 4.84. The smallest absolute Gasteiger partial charge is 0.239 e. The van der Waals surface area contributed by atoms with E-state index in [4.69, 9.17) is 5.73 Å². The van der Waals surface area contributed by atoms with Crippen LogP contribution in [0.2, 0.25) is 0 Å². The molecule has 0 bridgehead atoms. The Labute approximate surface area is 128 Å². The van der Waals surface area contributed by atoms with Crippen molar-refractivity contribution in [2.45, 2.75) is 32.4 Å². The van der Waals surface area contributed by atoms with Crippen molar-refractivity contribution < 1.29 is 9.59 Å². The van der Waals surface area contributed by atoms with E-state index in [1.807, 2.05) is 11.8 Å². The summed E-state index contributed by atoms with van der Waals surface area (Å²) in [7, 11) is 0. The predicted octanol–water partition coefficient (Wildman–Crippen LogP) is 0.828. The zero-order valence-electron chi connectivity index (χ0n) is 12.2. The molecular formula is C15H21N3O2S. The SMILES string of the molecule is C[C@H](C(=O)N1CCc2sccc2C1)N1CC[C@H](C(N)=O)C1. The molecule has 1 saturated heterocycles. The average Bonchev–Trinajstić information content (AvgIpc) is 3.13. The van der Waals surface area contributed by atoms with E-state index < -0.39 is 0 Å². The van der Waals surface area contributed by atoms with Gasteiger partial charge in [-0.1, -0.05) is 0 Å². The van der Waals surface area contributed by atoms with Crippen LogP contribution in [-0.4, -0.2) is 47.3 Å². The molecule has 1 aromatic heterocycles. The number of primary amides is 1. The molecule has 2 atom stereocenters. The number of amides is 2. The van der Waals surface area contributed by atoms with Crippen molar-refractivity contribution in [2.24, 2.45) is 11.7 Å². The third-order valence-corrected chi connectivity index (χ3v) is 5.67. The van der Waals surface area contributed by atoms with Gasteiger partial charge in [-0.2, -0.15) is 0 Å². The molecule has 2 N–H and O–H groups in total. The quantitative estimate of drug-likeness (QED) is 0.899. The Morgan fingerprint density at radius 2 is 2.24 bits per heavy atom. The summed E-state index contributed by atoms with van der Waals surface area (Å²) in [6.07, 6.45) is 1.72. The van der Waals surface area contributed by atoms with Crippen LogP contribution in [0.3, 0.4) is 0 Å². The van der Waals surface area contributed by atoms with Gasteiger partial charge in [-0.05, 0) is 43.3 Å². The largest absolute Gasteiger partial charge is 0.369 e. The van der Waals surface area contributed by atoms with Crippen molar-refractivity contribution in [3.63, 3.8) is 0 Å². The van der Waals surface area contributed by atoms with Crippen molar-refractivity contribution in [1.82, 2.24) is 9.80 Å². The minimum atomic E-state index is -0.252. The average molecular weight is 307 g/mol. The summed E-state index contributed by atoms with van der Waals surface area (Å²) in [5.41, 5.74) is 6.64. The molecule has 2 amide bonds. The van der Waals surface area contributed by atoms with Gasteiger partial charge in [0.15, 0.2) is 0 Å². The van der Waals surface area contributed by atoms with Crippen LogP contribution in [0.15, 0.2) is 11.4 Å². The molecule has 1 fully saturated rings. The first kappa shape index (κ1) is 14.5. The summed E-state index contributed by atoms with van der Waals surface area (Å²) >= 11 is 1.78. The van der Waals surface area contributed by atoms with Gasteiger partial charge in [0.25, 0.3) is 0 Å². The molecule has 0 spiro atoms. The Kier molecular flexibility index (Phi) is 3.99. The summed E-state index contributed by atoms with van der Waals surface area (Å²) in [6, 6.07) is 1.94. The third kappa shape index (κ3) is 2.82. The normalized spacial score (nSPS) is 23.9. The van der Waals surface area contributed by atoms with E-state index in [2.05, 4.69) is 16.3 Å². The van der Waals surface area contributed by atoms with Crippen molar-refractivity contribution in [3.8, 4) is 0 Å². The molecule has 2 aliphatic rings. The van der Waals surface area contributed by atoms with Gasteiger partial charge in [0.05, 0.1) is 12.0 Å². The van der Waals surface area contributed by atoms with E-state index in [0.29, 0.717) is 6.54 Å². The van der Waals surface area contributed by atoms with Crippen LogP contribution in [0.1, 0.15) is 23.8 Å². The van der Waals surface area contributed by atoms with Gasteiger partial charge in [0.1, 0.15) is 0 Å². The van der Waals surface area contributed by atoms with Gasteiger partial charge in [-0.3, -0.25) is 14.5 Å². The number of hydrogen-bond acceptors (Lipinski definition) is 4. The van der Waals surface area contributed by atoms with Gasteiger partial charge >= 0.3 is 0 Å². The molecule has 2 aliphatic heterocycles. The number of carbonyl (C=O) groups excluding carboxylic acids is 2. The summed E-state index contributed by atoms with van der Waals surface area (Å²) < 4.78 is 0. The number of hydrogen-bond donors (Lipinski definition) is 1. The lowest BCUT2D eigenvalue weighted by Gasteiger charge is -2.32. The second-order valence-electron chi connectivity index (χ2n) is 5.94. The molecule has 3 rings (SSSR count). The second kappa shape index (κ2) is 5.77. The highest BCUT2D eigenvalue weighted by molar-refractivity contribution is 7.10. The highest BCUT2D eigenvalue weighted by Gasteiger charge is 2.34. The van der Waals surface area contributed by atoms with E-state index in [9.17, 15) is 9.59 Å². The highest BCUT2D eigenvalue weighted by atomic mass is 32.1. The van der Waals surface area contributed by atoms with Crippen LogP contribution in [0, 0.1) is 5.92 Å². The molecular weight excluding hydrogens is 286 g/mol. The summed E-state index contributed by atoms with van der Waals surface area (Å²) in [4.78, 5) is 29.3. The number of thiophene rings is 1. The van der Waals surface area contributed by atoms with Gasteiger partial charge < -0.3 is 10.6 Å². The van der Waals surface area contributed by atoms with Crippen LogP contribution in [0.25, 0.3) is 0 Å². The number of nitrogens with two attached hydrogens (primary N) is 1. The second-order valence-corrected chi connectivity index (χ2v) is 6.94. The number of carbonyl (C=O) groups is 2. The number of rotatable bonds is 3. The molecule has 114 valence electrons. The number of nitrogens with zero attached hydrogens (tertiary/aromatic N) is 2. The lowest BCUT2D eigenvalue weighted by Crippen LogP contribution is -2.48. The van der Waals surface area contributed by atoms with Crippen LogP contribution in [0.4, 0.5) is 0 Å². The van der Waals surface area contributed by atoms with Gasteiger partial charge in [-0.15, -0.1) is 11.3 Å². The first-order valence-electron chi connectivity index (χ1n) is 7.43. The van der Waals surface area contributed by atoms with Crippen molar-refractivity contribution in [3.05, 3.63) is 21.9 Å². The highest BCUT2D eigenvalue weighted by Crippen LogP contribution is 2.26. The first-order valence-corrected chi connectivity index (χ1v) is 8.31. The molecule has 1 aromatic rings. The van der Waals surface area contributed by atoms with E-state index in [1.54, 1.807) is 11.3 Å². The molecule has 0 saturated carbocycles. The van der Waals surface area contributed by atoms with Crippen LogP contribution in [-0.2, 0) is 22.6 Å². The molecule has 0 aliphatic carbocycles. The molecule has 0 unspecified atom stereocenters. The van der Waals surface area contributed by atoms with Gasteiger partial charge in [-0.25, -0.2) is 0 Å². The molecule has 5 nitrogen and oxygen atoms in total. The minimum Gasteiger partial charge on any atom is -0.369 e. The predicted molar refractivity (Wildman–Crippen MR) is 81.8 cm³/mol. The molecule has 21 heavy (non-hydrogen) atoms. The lowest BCUT2D eigenvalue weighted by atomic mass is 10.1. The topological polar surface area (TPSA) is 66.6 Å². The third-order valence-electron chi connectivity index (χ3n) is 4.65. The molecule has 0 radical (unpaired) electrons. The van der Waals surface area contributed by atoms with E-state index in [0.717, 1.165) is 32.5 Å². The Morgan fingerprint density at radius 1 is 1.43 bits per heavy atom.